The maximum Gasteiger partial charge on any atom is 0.260 e. The van der Waals surface area contributed by atoms with Gasteiger partial charge in [0, 0.05) is 30.8 Å². The Morgan fingerprint density at radius 1 is 1.16 bits per heavy atom. The van der Waals surface area contributed by atoms with E-state index in [-0.39, 0.29) is 25.1 Å². The van der Waals surface area contributed by atoms with Crippen molar-refractivity contribution in [1.29, 1.82) is 0 Å². The summed E-state index contributed by atoms with van der Waals surface area (Å²) in [6.07, 6.45) is 2.05. The smallest absolute Gasteiger partial charge is 0.260 e. The molecule has 0 radical (unpaired) electrons. The van der Waals surface area contributed by atoms with E-state index in [1.165, 1.54) is 11.3 Å². The number of carbonyl (C=O) groups is 1. The second-order valence-electron chi connectivity index (χ2n) is 7.66. The van der Waals surface area contributed by atoms with Crippen LogP contribution < -0.4 is 19.1 Å². The van der Waals surface area contributed by atoms with Crippen LogP contribution in [0.3, 0.4) is 0 Å². The first-order chi connectivity index (χ1) is 15.0. The summed E-state index contributed by atoms with van der Waals surface area (Å²) in [5.41, 5.74) is 1.38. The molecule has 0 saturated carbocycles. The van der Waals surface area contributed by atoms with Gasteiger partial charge in [0.1, 0.15) is 5.75 Å². The van der Waals surface area contributed by atoms with Crippen molar-refractivity contribution in [2.75, 3.05) is 45.5 Å². The van der Waals surface area contributed by atoms with Crippen LogP contribution in [0.25, 0.3) is 10.2 Å². The molecule has 9 heteroatoms. The Morgan fingerprint density at radius 2 is 1.94 bits per heavy atom. The monoisotopic (exact) mass is 477 g/mol. The molecule has 0 atom stereocenters. The van der Waals surface area contributed by atoms with Crippen LogP contribution in [0.2, 0.25) is 0 Å². The molecule has 0 saturated heterocycles. The van der Waals surface area contributed by atoms with Crippen molar-refractivity contribution in [3.05, 3.63) is 42.0 Å². The second kappa shape index (κ2) is 10.8. The second-order valence-corrected chi connectivity index (χ2v) is 8.67. The highest BCUT2D eigenvalue weighted by Gasteiger charge is 2.23. The predicted octanol–water partition coefficient (Wildman–Crippen LogP) is 4.83. The van der Waals surface area contributed by atoms with E-state index >= 15 is 0 Å². The minimum Gasteiger partial charge on any atom is -0.494 e. The zero-order valence-corrected chi connectivity index (χ0v) is 20.1. The first-order valence-corrected chi connectivity index (χ1v) is 11.3. The molecule has 0 N–H and O–H groups in total. The highest BCUT2D eigenvalue weighted by Crippen LogP contribution is 2.40. The third kappa shape index (κ3) is 5.43. The van der Waals surface area contributed by atoms with Crippen molar-refractivity contribution in [3.63, 3.8) is 0 Å². The van der Waals surface area contributed by atoms with Gasteiger partial charge in [-0.05, 0) is 38.7 Å². The average Bonchev–Trinajstić information content (AvgIpc) is 3.38. The molecule has 2 heterocycles. The Labute approximate surface area is 198 Å². The quantitative estimate of drug-likeness (QED) is 0.411. The van der Waals surface area contributed by atoms with Gasteiger partial charge < -0.3 is 19.1 Å². The number of amides is 1. The van der Waals surface area contributed by atoms with Crippen LogP contribution in [0.4, 0.5) is 5.13 Å². The minimum atomic E-state index is -0.0955. The molecular weight excluding hydrogens is 450 g/mol. The summed E-state index contributed by atoms with van der Waals surface area (Å²) in [6, 6.07) is 11.2. The van der Waals surface area contributed by atoms with Gasteiger partial charge in [0.15, 0.2) is 16.6 Å². The van der Waals surface area contributed by atoms with Crippen molar-refractivity contribution in [1.82, 2.24) is 9.88 Å². The van der Waals surface area contributed by atoms with Gasteiger partial charge in [-0.25, -0.2) is 4.98 Å². The van der Waals surface area contributed by atoms with E-state index in [1.807, 2.05) is 55.4 Å². The summed E-state index contributed by atoms with van der Waals surface area (Å²) in [6.45, 7) is 4.24. The van der Waals surface area contributed by atoms with Gasteiger partial charge in [-0.2, -0.15) is 0 Å². The van der Waals surface area contributed by atoms with Crippen LogP contribution in [0.5, 0.6) is 17.2 Å². The molecule has 2 aromatic carbocycles. The number of benzene rings is 2. The molecule has 4 rings (SSSR count). The summed E-state index contributed by atoms with van der Waals surface area (Å²) in [5.74, 6) is 2.02. The number of unbranched alkanes of at least 4 members (excludes halogenated alkanes) is 1. The summed E-state index contributed by atoms with van der Waals surface area (Å²) < 4.78 is 17.7. The number of nitrogens with zero attached hydrogens (tertiary/aromatic N) is 3. The molecule has 172 valence electrons. The zero-order chi connectivity index (χ0) is 21.8. The molecule has 0 fully saturated rings. The first-order valence-electron chi connectivity index (χ1n) is 10.4. The van der Waals surface area contributed by atoms with Crippen molar-refractivity contribution < 1.29 is 19.0 Å². The number of carbonyl (C=O) groups excluding carboxylic acids is 1. The molecule has 0 unspecified atom stereocenters. The van der Waals surface area contributed by atoms with Crippen LogP contribution in [0, 0.1) is 0 Å². The van der Waals surface area contributed by atoms with Crippen LogP contribution in [0.15, 0.2) is 36.4 Å². The lowest BCUT2D eigenvalue weighted by molar-refractivity contribution is 0.0984. The van der Waals surface area contributed by atoms with E-state index in [4.69, 9.17) is 19.2 Å². The van der Waals surface area contributed by atoms with E-state index in [0.29, 0.717) is 41.1 Å². The van der Waals surface area contributed by atoms with Gasteiger partial charge >= 0.3 is 0 Å². The molecule has 0 aliphatic carbocycles. The van der Waals surface area contributed by atoms with Crippen molar-refractivity contribution >= 4 is 45.0 Å². The Balaban J connectivity index is 0.00000289. The van der Waals surface area contributed by atoms with Crippen molar-refractivity contribution in [3.8, 4) is 17.2 Å². The third-order valence-electron chi connectivity index (χ3n) is 4.97. The number of likely N-dealkylation sites (N-methyl/N-ethyl adjacent to an activating group) is 1. The van der Waals surface area contributed by atoms with Crippen molar-refractivity contribution in [2.24, 2.45) is 0 Å². The fourth-order valence-electron chi connectivity index (χ4n) is 3.21. The molecule has 3 aromatic rings. The number of hydrogen-bond donors (Lipinski definition) is 0. The Bertz CT molecular complexity index is 1030. The number of hydrogen-bond acceptors (Lipinski definition) is 7. The van der Waals surface area contributed by atoms with E-state index in [1.54, 1.807) is 4.90 Å². The topological polar surface area (TPSA) is 64.1 Å². The minimum absolute atomic E-state index is 0. The fraction of sp³-hybridized carbons (Fsp3) is 0.391. The van der Waals surface area contributed by atoms with Gasteiger partial charge in [0.05, 0.1) is 16.8 Å². The predicted molar refractivity (Wildman–Crippen MR) is 130 cm³/mol. The maximum atomic E-state index is 13.5. The zero-order valence-electron chi connectivity index (χ0n) is 18.5. The first kappa shape index (κ1) is 24.1. The number of rotatable bonds is 9. The van der Waals surface area contributed by atoms with E-state index < -0.39 is 0 Å². The number of anilines is 1. The molecule has 7 nitrogen and oxygen atoms in total. The number of aromatic nitrogens is 1. The Morgan fingerprint density at radius 3 is 2.69 bits per heavy atom. The van der Waals surface area contributed by atoms with E-state index in [0.717, 1.165) is 29.6 Å². The maximum absolute atomic E-state index is 13.5. The lowest BCUT2D eigenvalue weighted by atomic mass is 10.2. The average molecular weight is 478 g/mol. The van der Waals surface area contributed by atoms with E-state index in [9.17, 15) is 4.79 Å². The summed E-state index contributed by atoms with van der Waals surface area (Å²) >= 11 is 1.48. The summed E-state index contributed by atoms with van der Waals surface area (Å²) in [5, 5.41) is 0.655. The Hall–Kier alpha value is -2.55. The molecule has 1 aliphatic heterocycles. The standard InChI is InChI=1S/C23H27N3O4S.ClH/c1-4-5-11-28-17-8-6-7-16(12-17)22(27)26(10-9-25(2)3)23-24-18-13-19-20(30-15-29-19)14-21(18)31-23;/h6-8,12-14H,4-5,9-11,15H2,1-3H3;1H. The van der Waals surface area contributed by atoms with Crippen molar-refractivity contribution in [2.45, 2.75) is 19.8 Å². The Kier molecular flexibility index (Phi) is 8.17. The molecule has 0 spiro atoms. The number of thiazole rings is 1. The molecule has 32 heavy (non-hydrogen) atoms. The van der Waals surface area contributed by atoms with Crippen LogP contribution >= 0.6 is 23.7 Å². The highest BCUT2D eigenvalue weighted by molar-refractivity contribution is 7.22. The number of ether oxygens (including phenoxy) is 3. The van der Waals surface area contributed by atoms with Crippen LogP contribution in [-0.2, 0) is 0 Å². The summed E-state index contributed by atoms with van der Waals surface area (Å²) in [7, 11) is 3.98. The lowest BCUT2D eigenvalue weighted by Crippen LogP contribution is -2.36. The normalized spacial score (nSPS) is 12.1. The fourth-order valence-corrected chi connectivity index (χ4v) is 4.21. The lowest BCUT2D eigenvalue weighted by Gasteiger charge is -2.22. The van der Waals surface area contributed by atoms with Gasteiger partial charge in [0.25, 0.3) is 5.91 Å². The molecule has 1 amide bonds. The summed E-state index contributed by atoms with van der Waals surface area (Å²) in [4.78, 5) is 22.0. The van der Waals surface area contributed by atoms with Gasteiger partial charge in [-0.1, -0.05) is 30.7 Å². The third-order valence-corrected chi connectivity index (χ3v) is 6.01. The van der Waals surface area contributed by atoms with Gasteiger partial charge in [-0.3, -0.25) is 9.69 Å². The number of fused-ring (bicyclic) bond motifs is 2. The molecule has 0 bridgehead atoms. The highest BCUT2D eigenvalue weighted by atomic mass is 35.5. The van der Waals surface area contributed by atoms with Crippen LogP contribution in [0.1, 0.15) is 30.1 Å². The van der Waals surface area contributed by atoms with Crippen LogP contribution in [-0.4, -0.2) is 56.4 Å². The molecule has 1 aromatic heterocycles. The number of halogens is 1. The van der Waals surface area contributed by atoms with E-state index in [2.05, 4.69) is 6.92 Å². The van der Waals surface area contributed by atoms with Gasteiger partial charge in [0.2, 0.25) is 6.79 Å². The van der Waals surface area contributed by atoms with Gasteiger partial charge in [-0.15, -0.1) is 12.4 Å². The largest absolute Gasteiger partial charge is 0.494 e. The molecule has 1 aliphatic rings. The SMILES string of the molecule is CCCCOc1cccc(C(=O)N(CCN(C)C)c2nc3cc4c(cc3s2)OCO4)c1.Cl. The molecular formula is C23H28ClN3O4S.